The second-order valence-electron chi connectivity index (χ2n) is 8.04. The van der Waals surface area contributed by atoms with Gasteiger partial charge in [-0.05, 0) is 67.6 Å². The lowest BCUT2D eigenvalue weighted by atomic mass is 10.1. The highest BCUT2D eigenvalue weighted by atomic mass is 16.5. The molecular formula is C27H31N3O3. The zero-order chi connectivity index (χ0) is 23.5. The lowest BCUT2D eigenvalue weighted by Gasteiger charge is -2.19. The summed E-state index contributed by atoms with van der Waals surface area (Å²) < 4.78 is 5.77. The highest BCUT2D eigenvalue weighted by Gasteiger charge is 2.22. The number of benzene rings is 2. The number of hydrogen-bond donors (Lipinski definition) is 2. The largest absolute Gasteiger partial charge is 0.374 e. The maximum absolute atomic E-state index is 12.9. The van der Waals surface area contributed by atoms with Gasteiger partial charge in [0.1, 0.15) is 6.04 Å². The third kappa shape index (κ3) is 7.84. The van der Waals surface area contributed by atoms with Crippen molar-refractivity contribution in [3.63, 3.8) is 0 Å². The molecule has 0 bridgehead atoms. The molecule has 33 heavy (non-hydrogen) atoms. The monoisotopic (exact) mass is 445 g/mol. The summed E-state index contributed by atoms with van der Waals surface area (Å²) in [6.07, 6.45) is 3.28. The highest BCUT2D eigenvalue weighted by molar-refractivity contribution is 5.97. The molecule has 0 saturated carbocycles. The van der Waals surface area contributed by atoms with Crippen LogP contribution in [0.25, 0.3) is 0 Å². The Morgan fingerprint density at radius 3 is 2.48 bits per heavy atom. The first-order valence-electron chi connectivity index (χ1n) is 11.2. The highest BCUT2D eigenvalue weighted by Crippen LogP contribution is 2.10. The maximum Gasteiger partial charge on any atom is 0.252 e. The number of nitrogens with zero attached hydrogens (tertiary/aromatic N) is 1. The van der Waals surface area contributed by atoms with Crippen molar-refractivity contribution in [3.05, 3.63) is 101 Å². The van der Waals surface area contributed by atoms with Gasteiger partial charge < -0.3 is 15.4 Å². The Hall–Kier alpha value is -3.51. The van der Waals surface area contributed by atoms with Gasteiger partial charge in [-0.1, -0.05) is 42.5 Å². The maximum atomic E-state index is 12.9. The number of rotatable bonds is 11. The normalized spacial score (nSPS) is 11.6. The van der Waals surface area contributed by atoms with E-state index >= 15 is 0 Å². The van der Waals surface area contributed by atoms with Gasteiger partial charge in [-0.15, -0.1) is 0 Å². The lowest BCUT2D eigenvalue weighted by Crippen LogP contribution is -2.49. The SMILES string of the molecule is Cc1ccc(C(=O)N[C@H](COCc2ccccc2)C(=O)NCCCc2ccccn2)cc1C. The second kappa shape index (κ2) is 12.5. The quantitative estimate of drug-likeness (QED) is 0.441. The van der Waals surface area contributed by atoms with Gasteiger partial charge in [0.05, 0.1) is 13.2 Å². The van der Waals surface area contributed by atoms with Crippen LogP contribution >= 0.6 is 0 Å². The van der Waals surface area contributed by atoms with Gasteiger partial charge in [-0.25, -0.2) is 0 Å². The van der Waals surface area contributed by atoms with Gasteiger partial charge in [0.15, 0.2) is 0 Å². The van der Waals surface area contributed by atoms with Crippen LogP contribution in [0.5, 0.6) is 0 Å². The molecule has 172 valence electrons. The number of pyridine rings is 1. The van der Waals surface area contributed by atoms with Crippen LogP contribution in [0, 0.1) is 13.8 Å². The van der Waals surface area contributed by atoms with Crippen molar-refractivity contribution in [2.24, 2.45) is 0 Å². The van der Waals surface area contributed by atoms with E-state index in [4.69, 9.17) is 4.74 Å². The number of ether oxygens (including phenoxy) is 1. The van der Waals surface area contributed by atoms with Gasteiger partial charge in [0, 0.05) is 24.0 Å². The number of amides is 2. The Morgan fingerprint density at radius 1 is 0.970 bits per heavy atom. The summed E-state index contributed by atoms with van der Waals surface area (Å²) in [6.45, 7) is 4.89. The number of hydrogen-bond acceptors (Lipinski definition) is 4. The van der Waals surface area contributed by atoms with E-state index in [9.17, 15) is 9.59 Å². The molecule has 0 saturated heterocycles. The Bertz CT molecular complexity index is 1040. The summed E-state index contributed by atoms with van der Waals surface area (Å²) in [6, 6.07) is 20.2. The molecule has 2 N–H and O–H groups in total. The van der Waals surface area contributed by atoms with Gasteiger partial charge in [-0.3, -0.25) is 14.6 Å². The zero-order valence-electron chi connectivity index (χ0n) is 19.2. The molecule has 0 aliphatic rings. The summed E-state index contributed by atoms with van der Waals surface area (Å²) in [5, 5.41) is 5.75. The molecule has 3 rings (SSSR count). The van der Waals surface area contributed by atoms with E-state index in [1.807, 2.05) is 74.5 Å². The van der Waals surface area contributed by atoms with Gasteiger partial charge >= 0.3 is 0 Å². The topological polar surface area (TPSA) is 80.3 Å². The first kappa shape index (κ1) is 24.1. The summed E-state index contributed by atoms with van der Waals surface area (Å²) in [5.74, 6) is -0.559. The number of aryl methyl sites for hydroxylation is 3. The third-order valence-corrected chi connectivity index (χ3v) is 5.42. The molecule has 0 spiro atoms. The van der Waals surface area contributed by atoms with E-state index in [0.29, 0.717) is 18.7 Å². The molecule has 0 unspecified atom stereocenters. The van der Waals surface area contributed by atoms with Crippen molar-refractivity contribution in [2.45, 2.75) is 39.3 Å². The van der Waals surface area contributed by atoms with Crippen molar-refractivity contribution in [2.75, 3.05) is 13.2 Å². The average Bonchev–Trinajstić information content (AvgIpc) is 2.84. The second-order valence-corrected chi connectivity index (χ2v) is 8.04. The van der Waals surface area contributed by atoms with Crippen LogP contribution in [-0.2, 0) is 22.6 Å². The van der Waals surface area contributed by atoms with E-state index in [0.717, 1.165) is 35.2 Å². The molecule has 2 amide bonds. The van der Waals surface area contributed by atoms with E-state index in [1.54, 1.807) is 12.3 Å². The standard InChI is InChI=1S/C27H31N3O3/c1-20-13-14-23(17-21(20)2)26(31)30-25(19-33-18-22-9-4-3-5-10-22)27(32)29-16-8-12-24-11-6-7-15-28-24/h3-7,9-11,13-15,17,25H,8,12,16,18-19H2,1-2H3,(H,29,32)(H,30,31)/t25-/m1/s1. The van der Waals surface area contributed by atoms with Gasteiger partial charge in [0.25, 0.3) is 5.91 Å². The predicted octanol–water partition coefficient (Wildman–Crippen LogP) is 3.76. The Balaban J connectivity index is 1.57. The van der Waals surface area contributed by atoms with E-state index in [1.165, 1.54) is 0 Å². The van der Waals surface area contributed by atoms with Crippen molar-refractivity contribution in [3.8, 4) is 0 Å². The van der Waals surface area contributed by atoms with Crippen LogP contribution in [0.1, 0.15) is 39.2 Å². The molecule has 0 fully saturated rings. The van der Waals surface area contributed by atoms with E-state index < -0.39 is 6.04 Å². The molecule has 0 aliphatic heterocycles. The fraction of sp³-hybridized carbons (Fsp3) is 0.296. The molecule has 6 nitrogen and oxygen atoms in total. The zero-order valence-corrected chi connectivity index (χ0v) is 19.2. The molecule has 3 aromatic rings. The van der Waals surface area contributed by atoms with Crippen LogP contribution in [0.15, 0.2) is 72.9 Å². The van der Waals surface area contributed by atoms with Gasteiger partial charge in [0.2, 0.25) is 5.91 Å². The minimum atomic E-state index is -0.794. The van der Waals surface area contributed by atoms with Crippen molar-refractivity contribution >= 4 is 11.8 Å². The van der Waals surface area contributed by atoms with Crippen LogP contribution < -0.4 is 10.6 Å². The lowest BCUT2D eigenvalue weighted by molar-refractivity contribution is -0.124. The minimum absolute atomic E-state index is 0.0809. The van der Waals surface area contributed by atoms with E-state index in [2.05, 4.69) is 15.6 Å². The summed E-state index contributed by atoms with van der Waals surface area (Å²) in [7, 11) is 0. The summed E-state index contributed by atoms with van der Waals surface area (Å²) >= 11 is 0. The van der Waals surface area contributed by atoms with Crippen molar-refractivity contribution < 1.29 is 14.3 Å². The molecule has 1 aromatic heterocycles. The van der Waals surface area contributed by atoms with Crippen molar-refractivity contribution in [1.29, 1.82) is 0 Å². The first-order chi connectivity index (χ1) is 16.0. The molecule has 6 heteroatoms. The van der Waals surface area contributed by atoms with E-state index in [-0.39, 0.29) is 18.4 Å². The smallest absolute Gasteiger partial charge is 0.252 e. The Labute approximate surface area is 195 Å². The predicted molar refractivity (Wildman–Crippen MR) is 129 cm³/mol. The Kier molecular flexibility index (Phi) is 9.15. The van der Waals surface area contributed by atoms with Crippen LogP contribution in [0.2, 0.25) is 0 Å². The molecule has 0 aliphatic carbocycles. The number of aromatic nitrogens is 1. The molecule has 2 aromatic carbocycles. The van der Waals surface area contributed by atoms with Gasteiger partial charge in [-0.2, -0.15) is 0 Å². The first-order valence-corrected chi connectivity index (χ1v) is 11.2. The molecular weight excluding hydrogens is 414 g/mol. The third-order valence-electron chi connectivity index (χ3n) is 5.42. The number of nitrogens with one attached hydrogen (secondary N) is 2. The molecule has 1 heterocycles. The number of carbonyl (C=O) groups excluding carboxylic acids is 2. The minimum Gasteiger partial charge on any atom is -0.374 e. The number of carbonyl (C=O) groups is 2. The fourth-order valence-corrected chi connectivity index (χ4v) is 3.33. The fourth-order valence-electron chi connectivity index (χ4n) is 3.33. The summed E-state index contributed by atoms with van der Waals surface area (Å²) in [4.78, 5) is 30.0. The Morgan fingerprint density at radius 2 is 1.76 bits per heavy atom. The van der Waals surface area contributed by atoms with Crippen LogP contribution in [-0.4, -0.2) is 36.0 Å². The summed E-state index contributed by atoms with van der Waals surface area (Å²) in [5.41, 5.74) is 4.65. The molecule has 1 atom stereocenters. The molecule has 0 radical (unpaired) electrons. The van der Waals surface area contributed by atoms with Crippen LogP contribution in [0.4, 0.5) is 0 Å². The van der Waals surface area contributed by atoms with Crippen LogP contribution in [0.3, 0.4) is 0 Å². The van der Waals surface area contributed by atoms with Crippen molar-refractivity contribution in [1.82, 2.24) is 15.6 Å². The average molecular weight is 446 g/mol.